The van der Waals surface area contributed by atoms with E-state index in [1.165, 1.54) is 36.1 Å². The summed E-state index contributed by atoms with van der Waals surface area (Å²) in [4.78, 5) is 18.4. The Morgan fingerprint density at radius 2 is 1.77 bits per heavy atom. The van der Waals surface area contributed by atoms with E-state index in [2.05, 4.69) is 52.2 Å². The Balaban J connectivity index is 1.30. The molecule has 30 heavy (non-hydrogen) atoms. The summed E-state index contributed by atoms with van der Waals surface area (Å²) < 4.78 is 1.95. The minimum absolute atomic E-state index is 0.121. The van der Waals surface area contributed by atoms with Crippen LogP contribution in [0.25, 0.3) is 0 Å². The second-order valence-corrected chi connectivity index (χ2v) is 9.63. The maximum Gasteiger partial charge on any atom is 0.232 e. The molecule has 1 spiro atoms. The van der Waals surface area contributed by atoms with E-state index in [1.807, 2.05) is 17.9 Å². The van der Waals surface area contributed by atoms with Crippen LogP contribution in [-0.2, 0) is 18.4 Å². The van der Waals surface area contributed by atoms with Gasteiger partial charge in [-0.05, 0) is 38.2 Å². The molecule has 1 saturated carbocycles. The number of carbonyl (C=O) groups excluding carboxylic acids is 1. The van der Waals surface area contributed by atoms with Gasteiger partial charge >= 0.3 is 0 Å². The minimum Gasteiger partial charge on any atom is -0.331 e. The monoisotopic (exact) mass is 406 g/mol. The molecule has 5 rings (SSSR count). The lowest BCUT2D eigenvalue weighted by molar-refractivity contribution is -0.186. The normalized spacial score (nSPS) is 24.9. The van der Waals surface area contributed by atoms with Crippen molar-refractivity contribution in [3.8, 4) is 0 Å². The van der Waals surface area contributed by atoms with Crippen molar-refractivity contribution in [3.05, 3.63) is 53.3 Å². The van der Waals surface area contributed by atoms with E-state index in [0.29, 0.717) is 11.9 Å². The highest BCUT2D eigenvalue weighted by Gasteiger charge is 2.62. The van der Waals surface area contributed by atoms with Gasteiger partial charge in [-0.2, -0.15) is 5.10 Å². The van der Waals surface area contributed by atoms with Crippen LogP contribution in [0.3, 0.4) is 0 Å². The van der Waals surface area contributed by atoms with Gasteiger partial charge < -0.3 is 4.90 Å². The van der Waals surface area contributed by atoms with E-state index in [-0.39, 0.29) is 11.5 Å². The molecular formula is C25H34N4O. The summed E-state index contributed by atoms with van der Waals surface area (Å²) in [7, 11) is 2.01. The third-order valence-corrected chi connectivity index (χ3v) is 8.00. The zero-order valence-corrected chi connectivity index (χ0v) is 18.4. The molecule has 0 bridgehead atoms. The molecule has 1 unspecified atom stereocenters. The molecule has 1 aliphatic carbocycles. The van der Waals surface area contributed by atoms with E-state index in [9.17, 15) is 4.79 Å². The Kier molecular flexibility index (Phi) is 5.18. The number of carbonyl (C=O) groups is 1. The first-order valence-corrected chi connectivity index (χ1v) is 11.7. The van der Waals surface area contributed by atoms with Gasteiger partial charge in [0.15, 0.2) is 0 Å². The fourth-order valence-electron chi connectivity index (χ4n) is 6.15. The van der Waals surface area contributed by atoms with Gasteiger partial charge in [-0.15, -0.1) is 0 Å². The molecule has 5 nitrogen and oxygen atoms in total. The van der Waals surface area contributed by atoms with Crippen LogP contribution in [0.5, 0.6) is 0 Å². The van der Waals surface area contributed by atoms with Gasteiger partial charge in [0.1, 0.15) is 0 Å². The Bertz CT molecular complexity index is 891. The number of likely N-dealkylation sites (tertiary alicyclic amines) is 2. The van der Waals surface area contributed by atoms with Crippen molar-refractivity contribution in [2.45, 2.75) is 70.5 Å². The summed E-state index contributed by atoms with van der Waals surface area (Å²) in [5.74, 6) is 0.442. The molecule has 3 heterocycles. The number of aromatic nitrogens is 2. The molecule has 1 atom stereocenters. The molecule has 0 radical (unpaired) electrons. The lowest BCUT2D eigenvalue weighted by Gasteiger charge is -2.61. The molecular weight excluding hydrogens is 372 g/mol. The Morgan fingerprint density at radius 3 is 2.40 bits per heavy atom. The number of piperidine rings is 1. The Hall–Kier alpha value is -2.14. The second-order valence-electron chi connectivity index (χ2n) is 9.63. The minimum atomic E-state index is -0.121. The van der Waals surface area contributed by atoms with E-state index >= 15 is 0 Å². The van der Waals surface area contributed by atoms with E-state index < -0.39 is 0 Å². The summed E-state index contributed by atoms with van der Waals surface area (Å²) in [6, 6.07) is 11.5. The summed E-state index contributed by atoms with van der Waals surface area (Å²) in [6.07, 6.45) is 9.97. The van der Waals surface area contributed by atoms with Crippen molar-refractivity contribution < 1.29 is 4.79 Å². The third kappa shape index (κ3) is 3.18. The van der Waals surface area contributed by atoms with Crippen LogP contribution in [0, 0.1) is 12.3 Å². The van der Waals surface area contributed by atoms with E-state index in [1.54, 1.807) is 0 Å². The van der Waals surface area contributed by atoms with Crippen molar-refractivity contribution in [1.29, 1.82) is 0 Å². The average Bonchev–Trinajstić information content (AvgIpc) is 3.11. The van der Waals surface area contributed by atoms with Gasteiger partial charge in [-0.25, -0.2) is 0 Å². The van der Waals surface area contributed by atoms with Crippen LogP contribution in [-0.4, -0.2) is 44.6 Å². The second kappa shape index (κ2) is 7.84. The first-order chi connectivity index (χ1) is 14.6. The van der Waals surface area contributed by atoms with Gasteiger partial charge in [0.25, 0.3) is 0 Å². The standard InChI is InChI=1S/C25H34N4O/c1-19-21(17-26-27(19)2)18-28-15-11-22(12-16-28)29-23(20-9-5-3-6-10-20)25(24(29)30)13-7-4-8-14-25/h3,5-6,9-10,17,22-23H,4,7-8,11-16,18H2,1-2H3. The maximum absolute atomic E-state index is 13.5. The van der Waals surface area contributed by atoms with Crippen molar-refractivity contribution in [3.63, 3.8) is 0 Å². The summed E-state index contributed by atoms with van der Waals surface area (Å²) in [5.41, 5.74) is 3.79. The smallest absolute Gasteiger partial charge is 0.232 e. The molecule has 0 N–H and O–H groups in total. The zero-order valence-electron chi connectivity index (χ0n) is 18.4. The number of nitrogens with zero attached hydrogens (tertiary/aromatic N) is 4. The predicted molar refractivity (Wildman–Crippen MR) is 118 cm³/mol. The molecule has 1 amide bonds. The fraction of sp³-hybridized carbons (Fsp3) is 0.600. The molecule has 5 heteroatoms. The predicted octanol–water partition coefficient (Wildman–Crippen LogP) is 4.23. The van der Waals surface area contributed by atoms with Crippen LogP contribution in [0.1, 0.15) is 67.8 Å². The van der Waals surface area contributed by atoms with Gasteiger partial charge in [0.05, 0.1) is 17.7 Å². The number of benzene rings is 1. The molecule has 3 fully saturated rings. The summed E-state index contributed by atoms with van der Waals surface area (Å²) >= 11 is 0. The molecule has 2 aromatic rings. The third-order valence-electron chi connectivity index (χ3n) is 8.00. The molecule has 2 aliphatic heterocycles. The largest absolute Gasteiger partial charge is 0.331 e. The topological polar surface area (TPSA) is 41.4 Å². The molecule has 3 aliphatic rings. The lowest BCUT2D eigenvalue weighted by atomic mass is 9.59. The van der Waals surface area contributed by atoms with Crippen LogP contribution in [0.2, 0.25) is 0 Å². The molecule has 160 valence electrons. The fourth-order valence-corrected chi connectivity index (χ4v) is 6.15. The van der Waals surface area contributed by atoms with Crippen molar-refractivity contribution >= 4 is 5.91 Å². The molecule has 1 aromatic heterocycles. The summed E-state index contributed by atoms with van der Waals surface area (Å²) in [6.45, 7) is 5.21. The maximum atomic E-state index is 13.5. The number of β-lactam (4-membered cyclic amide) rings is 1. The highest BCUT2D eigenvalue weighted by molar-refractivity contribution is 5.91. The average molecular weight is 407 g/mol. The van der Waals surface area contributed by atoms with Crippen LogP contribution in [0.4, 0.5) is 0 Å². The number of rotatable bonds is 4. The van der Waals surface area contributed by atoms with Crippen LogP contribution < -0.4 is 0 Å². The van der Waals surface area contributed by atoms with E-state index in [0.717, 1.165) is 45.3 Å². The first-order valence-electron chi connectivity index (χ1n) is 11.7. The van der Waals surface area contributed by atoms with Crippen LogP contribution in [0.15, 0.2) is 36.5 Å². The zero-order chi connectivity index (χ0) is 20.7. The first kappa shape index (κ1) is 19.8. The van der Waals surface area contributed by atoms with Crippen molar-refractivity contribution in [2.75, 3.05) is 13.1 Å². The quantitative estimate of drug-likeness (QED) is 0.714. The number of amides is 1. The number of hydrogen-bond donors (Lipinski definition) is 0. The SMILES string of the molecule is Cc1c(CN2CCC(N3C(=O)C4(CCCCC4)C3c3ccccc3)CC2)cnn1C. The van der Waals surface area contributed by atoms with Crippen molar-refractivity contribution in [1.82, 2.24) is 19.6 Å². The van der Waals surface area contributed by atoms with Crippen molar-refractivity contribution in [2.24, 2.45) is 12.5 Å². The highest BCUT2D eigenvalue weighted by atomic mass is 16.2. The van der Waals surface area contributed by atoms with Crippen LogP contribution >= 0.6 is 0 Å². The van der Waals surface area contributed by atoms with Gasteiger partial charge in [0, 0.05) is 44.0 Å². The molecule has 2 saturated heterocycles. The highest BCUT2D eigenvalue weighted by Crippen LogP contribution is 2.59. The molecule has 1 aromatic carbocycles. The Morgan fingerprint density at radius 1 is 1.07 bits per heavy atom. The Labute approximate surface area is 180 Å². The number of hydrogen-bond acceptors (Lipinski definition) is 3. The van der Waals surface area contributed by atoms with Gasteiger partial charge in [0.2, 0.25) is 5.91 Å². The van der Waals surface area contributed by atoms with Gasteiger partial charge in [-0.3, -0.25) is 14.4 Å². The lowest BCUT2D eigenvalue weighted by Crippen LogP contribution is -2.67. The summed E-state index contributed by atoms with van der Waals surface area (Å²) in [5, 5.41) is 4.39. The van der Waals surface area contributed by atoms with E-state index in [4.69, 9.17) is 0 Å². The van der Waals surface area contributed by atoms with Gasteiger partial charge in [-0.1, -0.05) is 49.6 Å². The number of aryl methyl sites for hydroxylation is 1.